The van der Waals surface area contributed by atoms with Crippen molar-refractivity contribution in [1.82, 2.24) is 25.1 Å². The number of ether oxygens (including phenoxy) is 1. The summed E-state index contributed by atoms with van der Waals surface area (Å²) in [4.78, 5) is 19.3. The van der Waals surface area contributed by atoms with Crippen LogP contribution in [0.5, 0.6) is 0 Å². The van der Waals surface area contributed by atoms with Crippen LogP contribution in [-0.2, 0) is 16.1 Å². The molecule has 30 heavy (non-hydrogen) atoms. The van der Waals surface area contributed by atoms with Crippen molar-refractivity contribution in [3.63, 3.8) is 0 Å². The fourth-order valence-electron chi connectivity index (χ4n) is 3.30. The Labute approximate surface area is 183 Å². The maximum atomic E-state index is 12.8. The highest BCUT2D eigenvalue weighted by Gasteiger charge is 2.22. The smallest absolute Gasteiger partial charge is 0.231 e. The van der Waals surface area contributed by atoms with Crippen LogP contribution in [0.1, 0.15) is 23.5 Å². The van der Waals surface area contributed by atoms with Crippen molar-refractivity contribution in [2.75, 3.05) is 37.0 Å². The summed E-state index contributed by atoms with van der Waals surface area (Å²) in [6.45, 7) is 5.80. The second-order valence-corrected chi connectivity index (χ2v) is 8.57. The predicted octanol–water partition coefficient (Wildman–Crippen LogP) is 2.59. The van der Waals surface area contributed by atoms with Gasteiger partial charge in [-0.1, -0.05) is 42.1 Å². The van der Waals surface area contributed by atoms with Gasteiger partial charge in [0.25, 0.3) is 0 Å². The molecule has 10 heteroatoms. The minimum atomic E-state index is -0.257. The molecule has 1 amide bonds. The Hall–Kier alpha value is -2.43. The van der Waals surface area contributed by atoms with Gasteiger partial charge in [0.2, 0.25) is 11.9 Å². The van der Waals surface area contributed by atoms with Gasteiger partial charge >= 0.3 is 0 Å². The second kappa shape index (κ2) is 10.1. The molecule has 0 radical (unpaired) electrons. The summed E-state index contributed by atoms with van der Waals surface area (Å²) in [6.07, 6.45) is 1.76. The molecule has 3 aromatic rings. The van der Waals surface area contributed by atoms with Crippen LogP contribution in [0.25, 0.3) is 0 Å². The lowest BCUT2D eigenvalue weighted by Crippen LogP contribution is -2.38. The van der Waals surface area contributed by atoms with Gasteiger partial charge in [0, 0.05) is 31.2 Å². The third-order valence-corrected chi connectivity index (χ3v) is 6.58. The lowest BCUT2D eigenvalue weighted by molar-refractivity contribution is -0.119. The number of benzene rings is 1. The van der Waals surface area contributed by atoms with Crippen LogP contribution in [0.2, 0.25) is 0 Å². The van der Waals surface area contributed by atoms with Crippen LogP contribution in [0.15, 0.2) is 47.1 Å². The van der Waals surface area contributed by atoms with Crippen LogP contribution in [0.3, 0.4) is 0 Å². The molecule has 3 heterocycles. The van der Waals surface area contributed by atoms with Crippen LogP contribution in [-0.4, -0.2) is 57.7 Å². The van der Waals surface area contributed by atoms with Crippen molar-refractivity contribution in [2.24, 2.45) is 0 Å². The van der Waals surface area contributed by atoms with E-state index in [1.165, 1.54) is 23.1 Å². The number of rotatable bonds is 8. The van der Waals surface area contributed by atoms with E-state index in [0.29, 0.717) is 13.2 Å². The molecule has 1 aliphatic rings. The maximum Gasteiger partial charge on any atom is 0.231 e. The molecule has 0 saturated carbocycles. The lowest BCUT2D eigenvalue weighted by atomic mass is 10.1. The van der Waals surface area contributed by atoms with E-state index in [9.17, 15) is 4.79 Å². The highest BCUT2D eigenvalue weighted by molar-refractivity contribution is 7.99. The molecular weight excluding hydrogens is 420 g/mol. The average Bonchev–Trinajstić information content (AvgIpc) is 3.47. The number of hydrogen-bond acceptors (Lipinski definition) is 8. The maximum absolute atomic E-state index is 12.8. The Morgan fingerprint density at radius 3 is 2.77 bits per heavy atom. The molecule has 1 atom stereocenters. The molecule has 1 N–H and O–H groups in total. The first-order chi connectivity index (χ1) is 14.8. The first-order valence-electron chi connectivity index (χ1n) is 9.88. The van der Waals surface area contributed by atoms with Crippen molar-refractivity contribution < 1.29 is 9.53 Å². The largest absolute Gasteiger partial charge is 0.378 e. The van der Waals surface area contributed by atoms with Crippen molar-refractivity contribution in [1.29, 1.82) is 0 Å². The minimum Gasteiger partial charge on any atom is -0.378 e. The third-order valence-electron chi connectivity index (χ3n) is 4.78. The highest BCUT2D eigenvalue weighted by atomic mass is 32.2. The van der Waals surface area contributed by atoms with Gasteiger partial charge in [-0.3, -0.25) is 9.36 Å². The zero-order chi connectivity index (χ0) is 20.8. The summed E-state index contributed by atoms with van der Waals surface area (Å²) >= 11 is 2.93. The van der Waals surface area contributed by atoms with E-state index in [1.807, 2.05) is 35.7 Å². The van der Waals surface area contributed by atoms with E-state index in [1.54, 1.807) is 6.20 Å². The topological polar surface area (TPSA) is 85.2 Å². The van der Waals surface area contributed by atoms with E-state index in [-0.39, 0.29) is 17.7 Å². The predicted molar refractivity (Wildman–Crippen MR) is 118 cm³/mol. The van der Waals surface area contributed by atoms with E-state index in [4.69, 9.17) is 4.74 Å². The van der Waals surface area contributed by atoms with Crippen molar-refractivity contribution in [3.05, 3.63) is 52.5 Å². The molecule has 158 valence electrons. The highest BCUT2D eigenvalue weighted by Crippen LogP contribution is 2.25. The van der Waals surface area contributed by atoms with Crippen molar-refractivity contribution in [3.8, 4) is 0 Å². The Balaban J connectivity index is 1.42. The monoisotopic (exact) mass is 444 g/mol. The van der Waals surface area contributed by atoms with Crippen LogP contribution in [0, 0.1) is 0 Å². The van der Waals surface area contributed by atoms with Gasteiger partial charge in [-0.2, -0.15) is 0 Å². The lowest BCUT2D eigenvalue weighted by Gasteiger charge is -2.27. The molecule has 8 nitrogen and oxygen atoms in total. The summed E-state index contributed by atoms with van der Waals surface area (Å²) in [5.41, 5.74) is 1.01. The molecule has 1 saturated heterocycles. The molecule has 0 bridgehead atoms. The normalized spacial score (nSPS) is 15.2. The third kappa shape index (κ3) is 4.82. The molecule has 4 rings (SSSR count). The minimum absolute atomic E-state index is 0.0670. The van der Waals surface area contributed by atoms with Crippen LogP contribution in [0.4, 0.5) is 5.95 Å². The fraction of sp³-hybridized carbons (Fsp3) is 0.400. The van der Waals surface area contributed by atoms with Gasteiger partial charge in [0.15, 0.2) is 5.16 Å². The average molecular weight is 445 g/mol. The van der Waals surface area contributed by atoms with E-state index in [0.717, 1.165) is 41.3 Å². The standard InChI is InChI=1S/C20H24N6O2S2/c1-2-26-19(25-9-11-28-12-10-25)23-24-20(26)30-14-16(27)22-17(18-21-8-13-29-18)15-6-4-3-5-7-15/h3-8,13,17H,2,9-12,14H2,1H3,(H,22,27). The Bertz CT molecular complexity index is 942. The van der Waals surface area contributed by atoms with Crippen LogP contribution < -0.4 is 10.2 Å². The molecule has 1 unspecified atom stereocenters. The van der Waals surface area contributed by atoms with Crippen molar-refractivity contribution in [2.45, 2.75) is 24.7 Å². The molecule has 0 spiro atoms. The van der Waals surface area contributed by atoms with Gasteiger partial charge in [-0.05, 0) is 12.5 Å². The number of hydrogen-bond donors (Lipinski definition) is 1. The second-order valence-electron chi connectivity index (χ2n) is 6.70. The number of morpholine rings is 1. The number of nitrogens with one attached hydrogen (secondary N) is 1. The van der Waals surface area contributed by atoms with E-state index < -0.39 is 0 Å². The molecule has 1 aromatic carbocycles. The number of amides is 1. The summed E-state index contributed by atoms with van der Waals surface area (Å²) in [6, 6.07) is 9.64. The summed E-state index contributed by atoms with van der Waals surface area (Å²) in [5, 5.41) is 15.3. The van der Waals surface area contributed by atoms with Gasteiger partial charge in [-0.25, -0.2) is 4.98 Å². The number of thiazole rings is 1. The number of nitrogens with zero attached hydrogens (tertiary/aromatic N) is 5. The number of aromatic nitrogens is 4. The first-order valence-corrected chi connectivity index (χ1v) is 11.7. The van der Waals surface area contributed by atoms with E-state index in [2.05, 4.69) is 36.9 Å². The zero-order valence-electron chi connectivity index (χ0n) is 16.7. The van der Waals surface area contributed by atoms with Gasteiger partial charge in [0.05, 0.1) is 19.0 Å². The molecule has 2 aromatic heterocycles. The number of anilines is 1. The first kappa shape index (κ1) is 20.8. The molecule has 0 aliphatic carbocycles. The van der Waals surface area contributed by atoms with Gasteiger partial charge < -0.3 is 15.0 Å². The Kier molecular flexibility index (Phi) is 6.98. The van der Waals surface area contributed by atoms with Gasteiger partial charge in [0.1, 0.15) is 11.0 Å². The van der Waals surface area contributed by atoms with Crippen LogP contribution >= 0.6 is 23.1 Å². The molecular formula is C20H24N6O2S2. The van der Waals surface area contributed by atoms with Crippen molar-refractivity contribution >= 4 is 35.0 Å². The quantitative estimate of drug-likeness (QED) is 0.535. The SMILES string of the molecule is CCn1c(SCC(=O)NC(c2ccccc2)c2nccs2)nnc1N1CCOCC1. The summed E-state index contributed by atoms with van der Waals surface area (Å²) in [7, 11) is 0. The summed E-state index contributed by atoms with van der Waals surface area (Å²) < 4.78 is 7.48. The molecule has 1 aliphatic heterocycles. The number of carbonyl (C=O) groups is 1. The summed E-state index contributed by atoms with van der Waals surface area (Å²) in [5.74, 6) is 1.03. The zero-order valence-corrected chi connectivity index (χ0v) is 18.4. The fourth-order valence-corrected chi connectivity index (χ4v) is 4.83. The Morgan fingerprint density at radius 2 is 2.07 bits per heavy atom. The van der Waals surface area contributed by atoms with Gasteiger partial charge in [-0.15, -0.1) is 21.5 Å². The Morgan fingerprint density at radius 1 is 1.27 bits per heavy atom. The molecule has 1 fully saturated rings. The number of thioether (sulfide) groups is 1. The van der Waals surface area contributed by atoms with E-state index >= 15 is 0 Å². The number of carbonyl (C=O) groups excluding carboxylic acids is 1.